The van der Waals surface area contributed by atoms with Gasteiger partial charge in [0.2, 0.25) is 0 Å². The van der Waals surface area contributed by atoms with Crippen molar-refractivity contribution in [1.82, 2.24) is 25.4 Å². The number of hydrogen-bond acceptors (Lipinski definition) is 4. The summed E-state index contributed by atoms with van der Waals surface area (Å²) in [7, 11) is 1.82. The number of carbonyl (C=O) groups is 2. The van der Waals surface area contributed by atoms with Gasteiger partial charge < -0.3 is 10.6 Å². The Bertz CT molecular complexity index is 844. The molecular formula is C19H26N6O2. The van der Waals surface area contributed by atoms with E-state index >= 15 is 0 Å². The van der Waals surface area contributed by atoms with Crippen LogP contribution in [0, 0.1) is 12.8 Å². The van der Waals surface area contributed by atoms with Gasteiger partial charge in [-0.25, -0.2) is 9.78 Å². The molecule has 0 aliphatic carbocycles. The highest BCUT2D eigenvalue weighted by molar-refractivity contribution is 5.99. The van der Waals surface area contributed by atoms with Gasteiger partial charge in [-0.2, -0.15) is 5.10 Å². The number of anilines is 1. The summed E-state index contributed by atoms with van der Waals surface area (Å²) in [6.07, 6.45) is 2.25. The number of aromatic nitrogens is 3. The monoisotopic (exact) mass is 370 g/mol. The molecule has 144 valence electrons. The SMILES string of the molecule is Cc1ccc(C(=O)N[C@H](CC(C)C)c2ncnn2C)cc1N1CCNC1=O. The van der Waals surface area contributed by atoms with E-state index < -0.39 is 0 Å². The predicted molar refractivity (Wildman–Crippen MR) is 103 cm³/mol. The minimum atomic E-state index is -0.232. The average Bonchev–Trinajstić information content (AvgIpc) is 3.22. The molecule has 1 aromatic heterocycles. The summed E-state index contributed by atoms with van der Waals surface area (Å²) in [6, 6.07) is 5.07. The summed E-state index contributed by atoms with van der Waals surface area (Å²) in [4.78, 5) is 30.9. The molecule has 2 aromatic rings. The van der Waals surface area contributed by atoms with Crippen molar-refractivity contribution in [1.29, 1.82) is 0 Å². The van der Waals surface area contributed by atoms with E-state index in [1.165, 1.54) is 6.33 Å². The van der Waals surface area contributed by atoms with Crippen LogP contribution < -0.4 is 15.5 Å². The maximum Gasteiger partial charge on any atom is 0.322 e. The molecule has 1 atom stereocenters. The lowest BCUT2D eigenvalue weighted by atomic mass is 10.0. The van der Waals surface area contributed by atoms with E-state index in [-0.39, 0.29) is 18.0 Å². The zero-order valence-electron chi connectivity index (χ0n) is 16.2. The van der Waals surface area contributed by atoms with Crippen LogP contribution >= 0.6 is 0 Å². The number of amides is 3. The van der Waals surface area contributed by atoms with Crippen LogP contribution in [-0.4, -0.2) is 39.8 Å². The van der Waals surface area contributed by atoms with Crippen LogP contribution in [0.25, 0.3) is 0 Å². The number of rotatable bonds is 6. The molecule has 0 bridgehead atoms. The van der Waals surface area contributed by atoms with Crippen molar-refractivity contribution in [2.75, 3.05) is 18.0 Å². The van der Waals surface area contributed by atoms with Gasteiger partial charge in [0.25, 0.3) is 5.91 Å². The third kappa shape index (κ3) is 4.10. The molecule has 0 saturated carbocycles. The third-order valence-corrected chi connectivity index (χ3v) is 4.69. The molecule has 3 amide bonds. The Labute approximate surface area is 159 Å². The Morgan fingerprint density at radius 2 is 2.15 bits per heavy atom. The molecule has 1 aliphatic heterocycles. The lowest BCUT2D eigenvalue weighted by Gasteiger charge is -2.21. The first kappa shape index (κ1) is 18.9. The van der Waals surface area contributed by atoms with Crippen LogP contribution in [0.5, 0.6) is 0 Å². The molecule has 2 heterocycles. The number of carbonyl (C=O) groups excluding carboxylic acids is 2. The zero-order valence-corrected chi connectivity index (χ0v) is 16.2. The second-order valence-electron chi connectivity index (χ2n) is 7.28. The summed E-state index contributed by atoms with van der Waals surface area (Å²) in [5.74, 6) is 0.918. The number of nitrogens with zero attached hydrogens (tertiary/aromatic N) is 4. The average molecular weight is 370 g/mol. The Kier molecular flexibility index (Phi) is 5.43. The van der Waals surface area contributed by atoms with Crippen molar-refractivity contribution in [2.24, 2.45) is 13.0 Å². The molecule has 0 spiro atoms. The summed E-state index contributed by atoms with van der Waals surface area (Å²) in [6.45, 7) is 7.34. The van der Waals surface area contributed by atoms with Gasteiger partial charge in [0, 0.05) is 31.4 Å². The van der Waals surface area contributed by atoms with Gasteiger partial charge in [-0.05, 0) is 37.0 Å². The lowest BCUT2D eigenvalue weighted by Crippen LogP contribution is -2.32. The van der Waals surface area contributed by atoms with Gasteiger partial charge in [0.05, 0.1) is 6.04 Å². The highest BCUT2D eigenvalue weighted by Gasteiger charge is 2.25. The predicted octanol–water partition coefficient (Wildman–Crippen LogP) is 2.17. The Balaban J connectivity index is 1.84. The number of aryl methyl sites for hydroxylation is 2. The topological polar surface area (TPSA) is 92.2 Å². The molecule has 0 radical (unpaired) electrons. The normalized spacial score (nSPS) is 15.1. The summed E-state index contributed by atoms with van der Waals surface area (Å²) in [5.41, 5.74) is 2.23. The van der Waals surface area contributed by atoms with E-state index in [9.17, 15) is 9.59 Å². The second kappa shape index (κ2) is 7.77. The maximum absolute atomic E-state index is 12.9. The third-order valence-electron chi connectivity index (χ3n) is 4.69. The highest BCUT2D eigenvalue weighted by Crippen LogP contribution is 2.25. The fraction of sp³-hybridized carbons (Fsp3) is 0.474. The summed E-state index contributed by atoms with van der Waals surface area (Å²) in [5, 5.41) is 9.98. The number of hydrogen-bond donors (Lipinski definition) is 2. The lowest BCUT2D eigenvalue weighted by molar-refractivity contribution is 0.0929. The Hall–Kier alpha value is -2.90. The molecular weight excluding hydrogens is 344 g/mol. The van der Waals surface area contributed by atoms with Gasteiger partial charge in [-0.15, -0.1) is 0 Å². The number of urea groups is 1. The van der Waals surface area contributed by atoms with Crippen LogP contribution in [0.1, 0.15) is 48.1 Å². The van der Waals surface area contributed by atoms with Crippen molar-refractivity contribution in [3.63, 3.8) is 0 Å². The van der Waals surface area contributed by atoms with E-state index in [0.29, 0.717) is 24.6 Å². The fourth-order valence-corrected chi connectivity index (χ4v) is 3.31. The van der Waals surface area contributed by atoms with Crippen LogP contribution in [0.15, 0.2) is 24.5 Å². The van der Waals surface area contributed by atoms with Crippen molar-refractivity contribution >= 4 is 17.6 Å². The Morgan fingerprint density at radius 3 is 2.74 bits per heavy atom. The van der Waals surface area contributed by atoms with E-state index in [2.05, 4.69) is 34.6 Å². The highest BCUT2D eigenvalue weighted by atomic mass is 16.2. The largest absolute Gasteiger partial charge is 0.342 e. The summed E-state index contributed by atoms with van der Waals surface area (Å²) < 4.78 is 1.68. The van der Waals surface area contributed by atoms with Crippen LogP contribution in [0.2, 0.25) is 0 Å². The molecule has 8 heteroatoms. The molecule has 8 nitrogen and oxygen atoms in total. The van der Waals surface area contributed by atoms with Crippen LogP contribution in [0.4, 0.5) is 10.5 Å². The molecule has 2 N–H and O–H groups in total. The molecule has 1 aliphatic rings. The fourth-order valence-electron chi connectivity index (χ4n) is 3.31. The summed E-state index contributed by atoms with van der Waals surface area (Å²) >= 11 is 0. The smallest absolute Gasteiger partial charge is 0.322 e. The Morgan fingerprint density at radius 1 is 1.37 bits per heavy atom. The van der Waals surface area contributed by atoms with Gasteiger partial charge in [0.1, 0.15) is 12.2 Å². The second-order valence-corrected chi connectivity index (χ2v) is 7.28. The van der Waals surface area contributed by atoms with E-state index in [4.69, 9.17) is 0 Å². The van der Waals surface area contributed by atoms with Crippen molar-refractivity contribution in [3.05, 3.63) is 41.5 Å². The van der Waals surface area contributed by atoms with Gasteiger partial charge in [-0.1, -0.05) is 19.9 Å². The minimum Gasteiger partial charge on any atom is -0.342 e. The molecule has 1 fully saturated rings. The maximum atomic E-state index is 12.9. The van der Waals surface area contributed by atoms with E-state index in [1.807, 2.05) is 20.0 Å². The van der Waals surface area contributed by atoms with Crippen molar-refractivity contribution < 1.29 is 9.59 Å². The minimum absolute atomic E-state index is 0.132. The first-order valence-electron chi connectivity index (χ1n) is 9.17. The molecule has 3 rings (SSSR count). The molecule has 0 unspecified atom stereocenters. The molecule has 1 aromatic carbocycles. The van der Waals surface area contributed by atoms with Gasteiger partial charge in [-0.3, -0.25) is 14.4 Å². The van der Waals surface area contributed by atoms with Crippen LogP contribution in [-0.2, 0) is 7.05 Å². The van der Waals surface area contributed by atoms with Crippen LogP contribution in [0.3, 0.4) is 0 Å². The number of benzene rings is 1. The zero-order chi connectivity index (χ0) is 19.6. The first-order chi connectivity index (χ1) is 12.9. The van der Waals surface area contributed by atoms with E-state index in [1.54, 1.807) is 21.7 Å². The van der Waals surface area contributed by atoms with Gasteiger partial charge in [0.15, 0.2) is 0 Å². The quantitative estimate of drug-likeness (QED) is 0.815. The van der Waals surface area contributed by atoms with E-state index in [0.717, 1.165) is 23.5 Å². The van der Waals surface area contributed by atoms with Crippen molar-refractivity contribution in [2.45, 2.75) is 33.2 Å². The van der Waals surface area contributed by atoms with Crippen molar-refractivity contribution in [3.8, 4) is 0 Å². The number of nitrogens with one attached hydrogen (secondary N) is 2. The standard InChI is InChI=1S/C19H26N6O2/c1-12(2)9-15(17-21-11-22-24(17)4)23-18(26)14-6-5-13(3)16(10-14)25-8-7-20-19(25)27/h5-6,10-12,15H,7-9H2,1-4H3,(H,20,27)(H,23,26)/t15-/m1/s1. The molecule has 27 heavy (non-hydrogen) atoms. The van der Waals surface area contributed by atoms with Gasteiger partial charge >= 0.3 is 6.03 Å². The molecule has 1 saturated heterocycles. The first-order valence-corrected chi connectivity index (χ1v) is 9.17.